The van der Waals surface area contributed by atoms with Gasteiger partial charge in [0.1, 0.15) is 0 Å². The molecule has 70 valence electrons. The second-order valence-electron chi connectivity index (χ2n) is 3.09. The third-order valence-corrected chi connectivity index (χ3v) is 0.628. The van der Waals surface area contributed by atoms with Crippen LogP contribution in [0.5, 0.6) is 0 Å². The van der Waals surface area contributed by atoms with E-state index >= 15 is 0 Å². The Morgan fingerprint density at radius 1 is 1.00 bits per heavy atom. The predicted octanol–water partition coefficient (Wildman–Crippen LogP) is 4.10. The van der Waals surface area contributed by atoms with Gasteiger partial charge in [-0.05, 0) is 5.92 Å². The second-order valence-corrected chi connectivity index (χ2v) is 3.09. The highest BCUT2D eigenvalue weighted by atomic mass is 19.3. The number of rotatable bonds is 0. The zero-order valence-corrected chi connectivity index (χ0v) is 8.25. The molecule has 1 rings (SSSR count). The topological polar surface area (TPSA) is 0 Å². The fourth-order valence-electron chi connectivity index (χ4n) is 0.0945. The van der Waals surface area contributed by atoms with Gasteiger partial charge in [-0.1, -0.05) is 34.6 Å². The van der Waals surface area contributed by atoms with Gasteiger partial charge in [0.05, 0.1) is 0 Å². The van der Waals surface area contributed by atoms with Crippen LogP contribution in [-0.2, 0) is 0 Å². The van der Waals surface area contributed by atoms with Crippen molar-refractivity contribution in [3.05, 3.63) is 0 Å². The van der Waals surface area contributed by atoms with Gasteiger partial charge in [-0.2, -0.15) is 0 Å². The van der Waals surface area contributed by atoms with Crippen LogP contribution in [0.2, 0.25) is 0 Å². The molecule has 0 nitrogen and oxygen atoms in total. The first kappa shape index (κ1) is 13.4. The van der Waals surface area contributed by atoms with Gasteiger partial charge in [-0.25, -0.2) is 8.78 Å². The Balaban J connectivity index is 0. The van der Waals surface area contributed by atoms with Gasteiger partial charge in [0.25, 0.3) is 0 Å². The molecule has 0 amide bonds. The lowest BCUT2D eigenvalue weighted by Gasteiger charge is -1.79. The summed E-state index contributed by atoms with van der Waals surface area (Å²) in [6, 6.07) is 0. The molecule has 2 heteroatoms. The summed E-state index contributed by atoms with van der Waals surface area (Å²) >= 11 is 0. The molecule has 0 N–H and O–H groups in total. The van der Waals surface area contributed by atoms with E-state index in [1.165, 1.54) is 0 Å². The summed E-state index contributed by atoms with van der Waals surface area (Å²) < 4.78 is 22.3. The first-order valence-corrected chi connectivity index (χ1v) is 4.32. The van der Waals surface area contributed by atoms with E-state index in [0.717, 1.165) is 5.92 Å². The van der Waals surface area contributed by atoms with Crippen molar-refractivity contribution in [3.8, 4) is 0 Å². The number of halogens is 2. The zero-order valence-electron chi connectivity index (χ0n) is 8.25. The average Bonchev–Trinajstić information content (AvgIpc) is 2.50. The minimum Gasteiger partial charge on any atom is -0.207 e. The molecule has 0 aromatic rings. The summed E-state index contributed by atoms with van der Waals surface area (Å²) in [5, 5.41) is 0. The van der Waals surface area contributed by atoms with E-state index in [0.29, 0.717) is 0 Å². The SMILES string of the molecule is CC.CC(C)C.FC1(F)CC1. The van der Waals surface area contributed by atoms with Gasteiger partial charge in [0.15, 0.2) is 0 Å². The largest absolute Gasteiger partial charge is 0.248 e. The van der Waals surface area contributed by atoms with Gasteiger partial charge < -0.3 is 0 Å². The number of hydrogen-bond donors (Lipinski definition) is 0. The highest BCUT2D eigenvalue weighted by Crippen LogP contribution is 2.40. The number of hydrogen-bond acceptors (Lipinski definition) is 0. The quantitative estimate of drug-likeness (QED) is 0.508. The Bertz CT molecular complexity index is 68.9. The van der Waals surface area contributed by atoms with Crippen LogP contribution in [0.4, 0.5) is 8.78 Å². The monoisotopic (exact) mass is 166 g/mol. The minimum absolute atomic E-state index is 0.118. The molecular formula is C9H20F2. The fourth-order valence-corrected chi connectivity index (χ4v) is 0.0945. The smallest absolute Gasteiger partial charge is 0.207 e. The molecule has 0 aliphatic heterocycles. The van der Waals surface area contributed by atoms with Crippen molar-refractivity contribution in [1.29, 1.82) is 0 Å². The maximum atomic E-state index is 11.1. The van der Waals surface area contributed by atoms with Crippen molar-refractivity contribution < 1.29 is 8.78 Å². The number of alkyl halides is 2. The summed E-state index contributed by atoms with van der Waals surface area (Å²) in [6.45, 7) is 10.5. The molecule has 1 aliphatic rings. The average molecular weight is 166 g/mol. The maximum absolute atomic E-state index is 11.1. The van der Waals surface area contributed by atoms with Gasteiger partial charge >= 0.3 is 0 Å². The van der Waals surface area contributed by atoms with E-state index in [4.69, 9.17) is 0 Å². The van der Waals surface area contributed by atoms with Crippen molar-refractivity contribution in [3.63, 3.8) is 0 Å². The fraction of sp³-hybridized carbons (Fsp3) is 1.00. The van der Waals surface area contributed by atoms with Crippen LogP contribution in [0, 0.1) is 5.92 Å². The molecule has 0 radical (unpaired) electrons. The van der Waals surface area contributed by atoms with E-state index in [1.54, 1.807) is 0 Å². The summed E-state index contributed by atoms with van der Waals surface area (Å²) in [5.74, 6) is -1.42. The Hall–Kier alpha value is -0.140. The summed E-state index contributed by atoms with van der Waals surface area (Å²) in [7, 11) is 0. The van der Waals surface area contributed by atoms with Crippen LogP contribution in [0.3, 0.4) is 0 Å². The first-order chi connectivity index (χ1) is 4.94. The van der Waals surface area contributed by atoms with E-state index in [-0.39, 0.29) is 12.8 Å². The van der Waals surface area contributed by atoms with Crippen molar-refractivity contribution in [2.45, 2.75) is 53.4 Å². The lowest BCUT2D eigenvalue weighted by atomic mass is 10.3. The van der Waals surface area contributed by atoms with Crippen LogP contribution in [-0.4, -0.2) is 5.92 Å². The second kappa shape index (κ2) is 6.56. The Morgan fingerprint density at radius 2 is 1.09 bits per heavy atom. The molecule has 0 bridgehead atoms. The Labute approximate surface area is 69.0 Å². The third kappa shape index (κ3) is 25.8. The normalized spacial score (nSPS) is 17.5. The van der Waals surface area contributed by atoms with Gasteiger partial charge in [-0.3, -0.25) is 0 Å². The van der Waals surface area contributed by atoms with E-state index in [9.17, 15) is 8.78 Å². The summed E-state index contributed by atoms with van der Waals surface area (Å²) in [5.41, 5.74) is 0. The lowest BCUT2D eigenvalue weighted by Crippen LogP contribution is -1.79. The molecule has 0 atom stereocenters. The van der Waals surface area contributed by atoms with Crippen LogP contribution in [0.1, 0.15) is 47.5 Å². The highest BCUT2D eigenvalue weighted by molar-refractivity contribution is 4.81. The van der Waals surface area contributed by atoms with Crippen LogP contribution in [0.15, 0.2) is 0 Å². The molecule has 1 aliphatic carbocycles. The molecule has 0 aromatic heterocycles. The highest BCUT2D eigenvalue weighted by Gasteiger charge is 2.43. The third-order valence-electron chi connectivity index (χ3n) is 0.628. The molecule has 1 fully saturated rings. The molecule has 0 saturated heterocycles. The van der Waals surface area contributed by atoms with Gasteiger partial charge in [0.2, 0.25) is 5.92 Å². The molecular weight excluding hydrogens is 146 g/mol. The zero-order chi connectivity index (χ0) is 9.49. The molecule has 0 heterocycles. The molecule has 0 unspecified atom stereocenters. The van der Waals surface area contributed by atoms with E-state index in [1.807, 2.05) is 13.8 Å². The van der Waals surface area contributed by atoms with Gasteiger partial charge in [0, 0.05) is 12.8 Å². The van der Waals surface area contributed by atoms with Crippen LogP contribution >= 0.6 is 0 Å². The van der Waals surface area contributed by atoms with Crippen LogP contribution in [0.25, 0.3) is 0 Å². The van der Waals surface area contributed by atoms with Crippen molar-refractivity contribution in [2.24, 2.45) is 5.92 Å². The summed E-state index contributed by atoms with van der Waals surface area (Å²) in [6.07, 6.45) is 0.236. The van der Waals surface area contributed by atoms with Crippen molar-refractivity contribution in [2.75, 3.05) is 0 Å². The van der Waals surface area contributed by atoms with Crippen molar-refractivity contribution >= 4 is 0 Å². The standard InChI is InChI=1S/C4H10.C3H4F2.C2H6/c1-4(2)3;4-3(5)1-2-3;1-2/h4H,1-3H3;1-2H2;1-2H3. The van der Waals surface area contributed by atoms with E-state index < -0.39 is 5.92 Å². The molecule has 0 aromatic carbocycles. The van der Waals surface area contributed by atoms with E-state index in [2.05, 4.69) is 20.8 Å². The first-order valence-electron chi connectivity index (χ1n) is 4.32. The van der Waals surface area contributed by atoms with Crippen molar-refractivity contribution in [1.82, 2.24) is 0 Å². The maximum Gasteiger partial charge on any atom is 0.248 e. The Kier molecular flexibility index (Phi) is 8.02. The predicted molar refractivity (Wildman–Crippen MR) is 46.0 cm³/mol. The van der Waals surface area contributed by atoms with Crippen LogP contribution < -0.4 is 0 Å². The molecule has 11 heavy (non-hydrogen) atoms. The summed E-state index contributed by atoms with van der Waals surface area (Å²) in [4.78, 5) is 0. The lowest BCUT2D eigenvalue weighted by molar-refractivity contribution is 0.120. The minimum atomic E-state index is -2.25. The molecule has 0 spiro atoms. The molecule has 1 saturated carbocycles. The van der Waals surface area contributed by atoms with Gasteiger partial charge in [-0.15, -0.1) is 0 Å². The Morgan fingerprint density at radius 3 is 1.09 bits per heavy atom.